The molecule has 2 N–H and O–H groups in total. The van der Waals surface area contributed by atoms with Gasteiger partial charge in [0.05, 0.1) is 0 Å². The molecule has 4 nitrogen and oxygen atoms in total. The van der Waals surface area contributed by atoms with E-state index in [0.717, 1.165) is 12.8 Å². The monoisotopic (exact) mass is 284 g/mol. The van der Waals surface area contributed by atoms with Gasteiger partial charge in [-0.2, -0.15) is 0 Å². The third kappa shape index (κ3) is 2.84. The Balaban J connectivity index is 1.67. The lowest BCUT2D eigenvalue weighted by atomic mass is 9.93. The molecule has 2 bridgehead atoms. The number of hydrogen-bond donors (Lipinski definition) is 2. The highest BCUT2D eigenvalue weighted by atomic mass is 16.2. The maximum atomic E-state index is 12.4. The highest BCUT2D eigenvalue weighted by Gasteiger charge is 2.39. The van der Waals surface area contributed by atoms with Crippen LogP contribution in [0.5, 0.6) is 0 Å². The van der Waals surface area contributed by atoms with Crippen LogP contribution in [0.4, 0.5) is 5.69 Å². The van der Waals surface area contributed by atoms with E-state index in [2.05, 4.69) is 22.8 Å². The number of amides is 2. The fourth-order valence-electron chi connectivity index (χ4n) is 3.32. The van der Waals surface area contributed by atoms with Crippen molar-refractivity contribution >= 4 is 17.5 Å². The van der Waals surface area contributed by atoms with E-state index in [9.17, 15) is 9.59 Å². The van der Waals surface area contributed by atoms with Crippen LogP contribution in [-0.4, -0.2) is 18.4 Å². The minimum absolute atomic E-state index is 0.0694. The van der Waals surface area contributed by atoms with E-state index in [4.69, 9.17) is 0 Å². The van der Waals surface area contributed by atoms with Gasteiger partial charge in [-0.25, -0.2) is 0 Å². The van der Waals surface area contributed by atoms with E-state index in [-0.39, 0.29) is 17.7 Å². The lowest BCUT2D eigenvalue weighted by molar-refractivity contribution is -0.120. The van der Waals surface area contributed by atoms with Crippen LogP contribution in [0.15, 0.2) is 36.4 Å². The summed E-state index contributed by atoms with van der Waals surface area (Å²) in [5.41, 5.74) is 1.26. The summed E-state index contributed by atoms with van der Waals surface area (Å²) >= 11 is 0. The molecule has 0 radical (unpaired) electrons. The predicted octanol–water partition coefficient (Wildman–Crippen LogP) is 2.59. The molecule has 21 heavy (non-hydrogen) atoms. The lowest BCUT2D eigenvalue weighted by Crippen LogP contribution is -2.26. The summed E-state index contributed by atoms with van der Waals surface area (Å²) in [5.74, 6) is 0.999. The number of allylic oxidation sites excluding steroid dienone is 2. The summed E-state index contributed by atoms with van der Waals surface area (Å²) in [6.45, 7) is 2.47. The average Bonchev–Trinajstić information content (AvgIpc) is 3.10. The van der Waals surface area contributed by atoms with Crippen LogP contribution in [0.25, 0.3) is 0 Å². The first-order valence-electron chi connectivity index (χ1n) is 7.55. The van der Waals surface area contributed by atoms with Crippen molar-refractivity contribution in [1.82, 2.24) is 5.32 Å². The first-order chi connectivity index (χ1) is 10.2. The zero-order valence-electron chi connectivity index (χ0n) is 12.1. The summed E-state index contributed by atoms with van der Waals surface area (Å²) in [4.78, 5) is 24.2. The van der Waals surface area contributed by atoms with Gasteiger partial charge >= 0.3 is 0 Å². The normalized spacial score (nSPS) is 25.9. The SMILES string of the molecule is CCNC(=O)c1cccc(NC(=O)[C@@H]2C[C@H]3C=C[C@H]2C3)c1. The van der Waals surface area contributed by atoms with Crippen molar-refractivity contribution < 1.29 is 9.59 Å². The van der Waals surface area contributed by atoms with E-state index in [1.165, 1.54) is 0 Å². The third-order valence-electron chi connectivity index (χ3n) is 4.35. The minimum Gasteiger partial charge on any atom is -0.352 e. The average molecular weight is 284 g/mol. The van der Waals surface area contributed by atoms with Gasteiger partial charge in [-0.05, 0) is 49.8 Å². The Morgan fingerprint density at radius 1 is 1.24 bits per heavy atom. The number of carbonyl (C=O) groups is 2. The number of benzene rings is 1. The Hall–Kier alpha value is -2.10. The molecule has 3 rings (SSSR count). The molecular weight excluding hydrogens is 264 g/mol. The standard InChI is InChI=1S/C17H20N2O2/c1-2-18-16(20)13-4-3-5-14(10-13)19-17(21)15-9-11-6-7-12(15)8-11/h3-7,10-12,15H,2,8-9H2,1H3,(H,18,20)(H,19,21)/t11-,12-,15+/m0/s1. The van der Waals surface area contributed by atoms with Gasteiger partial charge in [-0.15, -0.1) is 0 Å². The van der Waals surface area contributed by atoms with Gasteiger partial charge in [-0.1, -0.05) is 18.2 Å². The van der Waals surface area contributed by atoms with E-state index in [1.807, 2.05) is 13.0 Å². The van der Waals surface area contributed by atoms with Crippen LogP contribution < -0.4 is 10.6 Å². The summed E-state index contributed by atoms with van der Waals surface area (Å²) in [5, 5.41) is 5.71. The smallest absolute Gasteiger partial charge is 0.251 e. The van der Waals surface area contributed by atoms with E-state index in [0.29, 0.717) is 29.6 Å². The first kappa shape index (κ1) is 13.9. The van der Waals surface area contributed by atoms with Crippen LogP contribution in [0.3, 0.4) is 0 Å². The molecule has 2 aliphatic carbocycles. The summed E-state index contributed by atoms with van der Waals surface area (Å²) in [7, 11) is 0. The van der Waals surface area contributed by atoms with Gasteiger partial charge in [0.1, 0.15) is 0 Å². The van der Waals surface area contributed by atoms with Crippen LogP contribution in [-0.2, 0) is 4.79 Å². The molecule has 2 amide bonds. The zero-order chi connectivity index (χ0) is 14.8. The second-order valence-corrected chi connectivity index (χ2v) is 5.82. The number of anilines is 1. The van der Waals surface area contributed by atoms with Crippen molar-refractivity contribution in [2.75, 3.05) is 11.9 Å². The maximum absolute atomic E-state index is 12.4. The van der Waals surface area contributed by atoms with Crippen molar-refractivity contribution in [2.24, 2.45) is 17.8 Å². The fourth-order valence-corrected chi connectivity index (χ4v) is 3.32. The van der Waals surface area contributed by atoms with Crippen LogP contribution in [0, 0.1) is 17.8 Å². The Labute approximate surface area is 124 Å². The van der Waals surface area contributed by atoms with E-state index < -0.39 is 0 Å². The van der Waals surface area contributed by atoms with Crippen molar-refractivity contribution in [2.45, 2.75) is 19.8 Å². The van der Waals surface area contributed by atoms with Gasteiger partial charge in [0.2, 0.25) is 5.91 Å². The quantitative estimate of drug-likeness (QED) is 0.835. The predicted molar refractivity (Wildman–Crippen MR) is 81.9 cm³/mol. The van der Waals surface area contributed by atoms with Crippen molar-refractivity contribution in [3.05, 3.63) is 42.0 Å². The van der Waals surface area contributed by atoms with Crippen LogP contribution in [0.1, 0.15) is 30.1 Å². The summed E-state index contributed by atoms with van der Waals surface area (Å²) in [6.07, 6.45) is 6.45. The molecule has 1 aromatic rings. The minimum atomic E-state index is -0.114. The highest BCUT2D eigenvalue weighted by molar-refractivity contribution is 5.97. The number of carbonyl (C=O) groups excluding carboxylic acids is 2. The molecule has 2 aliphatic rings. The first-order valence-corrected chi connectivity index (χ1v) is 7.55. The fraction of sp³-hybridized carbons (Fsp3) is 0.412. The van der Waals surface area contributed by atoms with Gasteiger partial charge < -0.3 is 10.6 Å². The van der Waals surface area contributed by atoms with Crippen LogP contribution in [0.2, 0.25) is 0 Å². The molecule has 110 valence electrons. The van der Waals surface area contributed by atoms with Gasteiger partial charge in [0.15, 0.2) is 0 Å². The Morgan fingerprint density at radius 2 is 2.10 bits per heavy atom. The number of nitrogens with one attached hydrogen (secondary N) is 2. The maximum Gasteiger partial charge on any atom is 0.251 e. The van der Waals surface area contributed by atoms with Crippen molar-refractivity contribution in [3.8, 4) is 0 Å². The molecule has 1 saturated carbocycles. The second kappa shape index (κ2) is 5.72. The molecule has 0 saturated heterocycles. The molecule has 0 spiro atoms. The number of rotatable bonds is 4. The zero-order valence-corrected chi connectivity index (χ0v) is 12.1. The lowest BCUT2D eigenvalue weighted by Gasteiger charge is -2.17. The van der Waals surface area contributed by atoms with Gasteiger partial charge in [-0.3, -0.25) is 9.59 Å². The Bertz CT molecular complexity index is 594. The van der Waals surface area contributed by atoms with E-state index >= 15 is 0 Å². The molecule has 0 aliphatic heterocycles. The van der Waals surface area contributed by atoms with Gasteiger partial charge in [0, 0.05) is 23.7 Å². The molecule has 0 heterocycles. The summed E-state index contributed by atoms with van der Waals surface area (Å²) in [6, 6.07) is 7.09. The second-order valence-electron chi connectivity index (χ2n) is 5.82. The molecule has 0 unspecified atom stereocenters. The molecule has 1 fully saturated rings. The molecular formula is C17H20N2O2. The summed E-state index contributed by atoms with van der Waals surface area (Å²) < 4.78 is 0. The highest BCUT2D eigenvalue weighted by Crippen LogP contribution is 2.43. The largest absolute Gasteiger partial charge is 0.352 e. The number of hydrogen-bond acceptors (Lipinski definition) is 2. The van der Waals surface area contributed by atoms with Gasteiger partial charge in [0.25, 0.3) is 5.91 Å². The number of fused-ring (bicyclic) bond motifs is 2. The van der Waals surface area contributed by atoms with Crippen molar-refractivity contribution in [1.29, 1.82) is 0 Å². The van der Waals surface area contributed by atoms with Crippen molar-refractivity contribution in [3.63, 3.8) is 0 Å². The molecule has 1 aromatic carbocycles. The topological polar surface area (TPSA) is 58.2 Å². The third-order valence-corrected chi connectivity index (χ3v) is 4.35. The van der Waals surface area contributed by atoms with Crippen LogP contribution >= 0.6 is 0 Å². The molecule has 3 atom stereocenters. The Kier molecular flexibility index (Phi) is 3.78. The Morgan fingerprint density at radius 3 is 2.76 bits per heavy atom. The molecule has 0 aromatic heterocycles. The van der Waals surface area contributed by atoms with E-state index in [1.54, 1.807) is 18.2 Å². The molecule has 4 heteroatoms.